The maximum absolute atomic E-state index is 12.4. The first kappa shape index (κ1) is 20.2. The Kier molecular flexibility index (Phi) is 8.39. The van der Waals surface area contributed by atoms with Crippen molar-refractivity contribution in [2.75, 3.05) is 6.61 Å². The Balaban J connectivity index is 1.70. The van der Waals surface area contributed by atoms with Gasteiger partial charge >= 0.3 is 11.9 Å². The lowest BCUT2D eigenvalue weighted by Gasteiger charge is -2.27. The second kappa shape index (κ2) is 10.8. The van der Waals surface area contributed by atoms with Crippen LogP contribution in [0.1, 0.15) is 57.4 Å². The third-order valence-electron chi connectivity index (χ3n) is 5.08. The molecule has 0 aliphatic heterocycles. The zero-order valence-corrected chi connectivity index (χ0v) is 15.7. The van der Waals surface area contributed by atoms with Gasteiger partial charge in [0.15, 0.2) is 0 Å². The van der Waals surface area contributed by atoms with E-state index < -0.39 is 0 Å². The summed E-state index contributed by atoms with van der Waals surface area (Å²) >= 11 is 0. The van der Waals surface area contributed by atoms with Gasteiger partial charge in [-0.2, -0.15) is 0 Å². The first-order valence-corrected chi connectivity index (χ1v) is 9.72. The fraction of sp³-hybridized carbons (Fsp3) is 0.545. The van der Waals surface area contributed by atoms with Crippen LogP contribution in [0.15, 0.2) is 36.9 Å². The Morgan fingerprint density at radius 2 is 1.85 bits per heavy atom. The second-order valence-electron chi connectivity index (χ2n) is 7.05. The number of esters is 2. The van der Waals surface area contributed by atoms with E-state index in [1.807, 2.05) is 24.3 Å². The summed E-state index contributed by atoms with van der Waals surface area (Å²) in [6.45, 7) is 5.99. The molecule has 4 nitrogen and oxygen atoms in total. The average molecular weight is 358 g/mol. The highest BCUT2D eigenvalue weighted by Gasteiger charge is 2.27. The van der Waals surface area contributed by atoms with Crippen LogP contribution in [0.2, 0.25) is 0 Å². The zero-order valence-electron chi connectivity index (χ0n) is 15.7. The highest BCUT2D eigenvalue weighted by molar-refractivity contribution is 5.81. The molecule has 1 aliphatic rings. The largest absolute Gasteiger partial charge is 0.463 e. The van der Waals surface area contributed by atoms with E-state index in [0.717, 1.165) is 38.5 Å². The van der Waals surface area contributed by atoms with Crippen molar-refractivity contribution in [2.24, 2.45) is 11.8 Å². The molecule has 1 aromatic carbocycles. The van der Waals surface area contributed by atoms with Crippen LogP contribution < -0.4 is 4.74 Å². The van der Waals surface area contributed by atoms with Crippen LogP contribution in [0.25, 0.3) is 0 Å². The molecule has 1 saturated carbocycles. The Bertz CT molecular complexity index is 583. The topological polar surface area (TPSA) is 52.6 Å². The average Bonchev–Trinajstić information content (AvgIpc) is 2.67. The van der Waals surface area contributed by atoms with Gasteiger partial charge in [-0.3, -0.25) is 4.79 Å². The number of carbonyl (C=O) groups excluding carboxylic acids is 2. The molecule has 0 saturated heterocycles. The molecule has 1 fully saturated rings. The lowest BCUT2D eigenvalue weighted by molar-refractivity contribution is -0.140. The van der Waals surface area contributed by atoms with E-state index in [9.17, 15) is 9.59 Å². The number of carbonyl (C=O) groups is 2. The monoisotopic (exact) mass is 358 g/mol. The van der Waals surface area contributed by atoms with E-state index >= 15 is 0 Å². The van der Waals surface area contributed by atoms with Gasteiger partial charge in [0, 0.05) is 6.08 Å². The van der Waals surface area contributed by atoms with Crippen molar-refractivity contribution in [2.45, 2.75) is 58.3 Å². The van der Waals surface area contributed by atoms with Gasteiger partial charge in [-0.15, -0.1) is 0 Å². The van der Waals surface area contributed by atoms with Crippen LogP contribution >= 0.6 is 0 Å². The number of unbranched alkanes of at least 4 members (excludes halogenated alkanes) is 1. The highest BCUT2D eigenvalue weighted by atomic mass is 16.5. The fourth-order valence-corrected chi connectivity index (χ4v) is 3.38. The summed E-state index contributed by atoms with van der Waals surface area (Å²) in [5.41, 5.74) is 1.28. The number of hydrogen-bond donors (Lipinski definition) is 0. The Labute approximate surface area is 156 Å². The van der Waals surface area contributed by atoms with Crippen LogP contribution in [0.5, 0.6) is 5.75 Å². The molecule has 142 valence electrons. The summed E-state index contributed by atoms with van der Waals surface area (Å²) in [5, 5.41) is 0. The van der Waals surface area contributed by atoms with Crippen molar-refractivity contribution in [1.82, 2.24) is 0 Å². The molecule has 0 unspecified atom stereocenters. The van der Waals surface area contributed by atoms with Gasteiger partial charge in [0.2, 0.25) is 0 Å². The first-order valence-electron chi connectivity index (χ1n) is 9.72. The minimum Gasteiger partial charge on any atom is -0.463 e. The van der Waals surface area contributed by atoms with Crippen molar-refractivity contribution < 1.29 is 19.1 Å². The predicted octanol–water partition coefficient (Wildman–Crippen LogP) is 4.86. The molecule has 0 aromatic heterocycles. The maximum Gasteiger partial charge on any atom is 0.330 e. The highest BCUT2D eigenvalue weighted by Crippen LogP contribution is 2.32. The normalized spacial score (nSPS) is 19.6. The molecule has 0 radical (unpaired) electrons. The van der Waals surface area contributed by atoms with E-state index in [1.54, 1.807) is 0 Å². The standard InChI is InChI=1S/C22H30O4/c1-3-5-6-17-9-13-20(14-10-17)26-22(24)19-11-7-18(8-12-19)15-16-25-21(23)4-2/h4,9-10,13-14,18-19H,2-3,5-8,11-12,15-16H2,1H3. The van der Waals surface area contributed by atoms with Gasteiger partial charge in [0.25, 0.3) is 0 Å². The van der Waals surface area contributed by atoms with Gasteiger partial charge in [-0.25, -0.2) is 4.79 Å². The molecule has 4 heteroatoms. The van der Waals surface area contributed by atoms with Gasteiger partial charge < -0.3 is 9.47 Å². The van der Waals surface area contributed by atoms with Crippen LogP contribution in [0.3, 0.4) is 0 Å². The Hall–Kier alpha value is -2.10. The van der Waals surface area contributed by atoms with Crippen molar-refractivity contribution in [1.29, 1.82) is 0 Å². The molecule has 0 atom stereocenters. The van der Waals surface area contributed by atoms with Gasteiger partial charge in [-0.1, -0.05) is 32.1 Å². The lowest BCUT2D eigenvalue weighted by Crippen LogP contribution is -2.26. The quantitative estimate of drug-likeness (QED) is 0.359. The molecule has 2 rings (SSSR count). The van der Waals surface area contributed by atoms with Crippen LogP contribution in [-0.2, 0) is 20.7 Å². The summed E-state index contributed by atoms with van der Waals surface area (Å²) < 4.78 is 10.6. The van der Waals surface area contributed by atoms with E-state index in [-0.39, 0.29) is 17.9 Å². The Morgan fingerprint density at radius 1 is 1.15 bits per heavy atom. The van der Waals surface area contributed by atoms with Crippen LogP contribution in [0, 0.1) is 11.8 Å². The third kappa shape index (κ3) is 6.66. The summed E-state index contributed by atoms with van der Waals surface area (Å²) in [7, 11) is 0. The van der Waals surface area contributed by atoms with Gasteiger partial charge in [-0.05, 0) is 68.6 Å². The molecule has 1 aromatic rings. The van der Waals surface area contributed by atoms with Crippen molar-refractivity contribution in [3.8, 4) is 5.75 Å². The fourth-order valence-electron chi connectivity index (χ4n) is 3.38. The number of rotatable bonds is 9. The molecule has 0 bridgehead atoms. The third-order valence-corrected chi connectivity index (χ3v) is 5.08. The van der Waals surface area contributed by atoms with Gasteiger partial charge in [0.1, 0.15) is 5.75 Å². The minimum atomic E-state index is -0.372. The molecule has 0 N–H and O–H groups in total. The van der Waals surface area contributed by atoms with E-state index in [0.29, 0.717) is 18.3 Å². The summed E-state index contributed by atoms with van der Waals surface area (Å²) in [4.78, 5) is 23.4. The van der Waals surface area contributed by atoms with Gasteiger partial charge in [0.05, 0.1) is 12.5 Å². The molecule has 0 spiro atoms. The Morgan fingerprint density at radius 3 is 2.46 bits per heavy atom. The molecule has 0 amide bonds. The van der Waals surface area contributed by atoms with E-state index in [1.165, 1.54) is 24.5 Å². The van der Waals surface area contributed by atoms with E-state index in [2.05, 4.69) is 13.5 Å². The SMILES string of the molecule is C=CC(=O)OCCC1CCC(C(=O)Oc2ccc(CCCC)cc2)CC1. The number of ether oxygens (including phenoxy) is 2. The van der Waals surface area contributed by atoms with Crippen molar-refractivity contribution >= 4 is 11.9 Å². The maximum atomic E-state index is 12.4. The second-order valence-corrected chi connectivity index (χ2v) is 7.05. The predicted molar refractivity (Wildman–Crippen MR) is 102 cm³/mol. The number of benzene rings is 1. The number of hydrogen-bond acceptors (Lipinski definition) is 4. The zero-order chi connectivity index (χ0) is 18.8. The minimum absolute atomic E-state index is 0.0262. The van der Waals surface area contributed by atoms with E-state index in [4.69, 9.17) is 9.47 Å². The first-order chi connectivity index (χ1) is 12.6. The molecule has 0 heterocycles. The molecular weight excluding hydrogens is 328 g/mol. The summed E-state index contributed by atoms with van der Waals surface area (Å²) in [5.74, 6) is 0.621. The molecular formula is C22H30O4. The van der Waals surface area contributed by atoms with Crippen molar-refractivity contribution in [3.05, 3.63) is 42.5 Å². The smallest absolute Gasteiger partial charge is 0.330 e. The summed E-state index contributed by atoms with van der Waals surface area (Å²) in [6, 6.07) is 7.87. The summed E-state index contributed by atoms with van der Waals surface area (Å²) in [6.07, 6.45) is 9.08. The lowest BCUT2D eigenvalue weighted by atomic mass is 9.81. The van der Waals surface area contributed by atoms with Crippen molar-refractivity contribution in [3.63, 3.8) is 0 Å². The van der Waals surface area contributed by atoms with Crippen LogP contribution in [0.4, 0.5) is 0 Å². The molecule has 26 heavy (non-hydrogen) atoms. The van der Waals surface area contributed by atoms with Crippen LogP contribution in [-0.4, -0.2) is 18.5 Å². The molecule has 1 aliphatic carbocycles. The number of aryl methyl sites for hydroxylation is 1.